The molecule has 0 radical (unpaired) electrons. The van der Waals surface area contributed by atoms with Crippen molar-refractivity contribution in [3.05, 3.63) is 50.0 Å². The van der Waals surface area contributed by atoms with E-state index in [2.05, 4.69) is 12.2 Å². The van der Waals surface area contributed by atoms with Crippen molar-refractivity contribution in [3.8, 4) is 28.7 Å². The van der Waals surface area contributed by atoms with Crippen molar-refractivity contribution < 1.29 is 43.9 Å². The first-order valence-electron chi connectivity index (χ1n) is 16.3. The van der Waals surface area contributed by atoms with Crippen molar-refractivity contribution in [2.75, 3.05) is 7.11 Å². The highest BCUT2D eigenvalue weighted by Crippen LogP contribution is 2.52. The van der Waals surface area contributed by atoms with Gasteiger partial charge in [-0.15, -0.1) is 0 Å². The molecule has 2 aromatic carbocycles. The molecule has 0 amide bonds. The van der Waals surface area contributed by atoms with Gasteiger partial charge in [0.2, 0.25) is 0 Å². The summed E-state index contributed by atoms with van der Waals surface area (Å²) in [5, 5.41) is 28.6. The molecule has 0 bridgehead atoms. The van der Waals surface area contributed by atoms with E-state index in [0.29, 0.717) is 6.42 Å². The maximum absolute atomic E-state index is 12.7. The highest BCUT2D eigenvalue weighted by atomic mass is 35.5. The molecule has 1 aliphatic heterocycles. The molecule has 1 heterocycles. The highest BCUT2D eigenvalue weighted by molar-refractivity contribution is 6.39. The van der Waals surface area contributed by atoms with Gasteiger partial charge in [-0.2, -0.15) is 0 Å². The fourth-order valence-corrected chi connectivity index (χ4v) is 6.38. The summed E-state index contributed by atoms with van der Waals surface area (Å²) in [6.45, 7) is 4.43. The van der Waals surface area contributed by atoms with Crippen LogP contribution in [0, 0.1) is 26.7 Å². The largest absolute Gasteiger partial charge is 0.507 e. The molecule has 0 saturated carbocycles. The third kappa shape index (κ3) is 9.80. The molecule has 1 aliphatic carbocycles. The van der Waals surface area contributed by atoms with Crippen LogP contribution in [-0.4, -0.2) is 40.3 Å². The van der Waals surface area contributed by atoms with E-state index in [1.54, 1.807) is 0 Å². The average Bonchev–Trinajstić information content (AvgIpc) is 3.51. The zero-order valence-corrected chi connectivity index (χ0v) is 29.2. The third-order valence-corrected chi connectivity index (χ3v) is 9.53. The Morgan fingerprint density at radius 3 is 1.94 bits per heavy atom. The monoisotopic (exact) mass is 692 g/mol. The zero-order chi connectivity index (χ0) is 34.7. The van der Waals surface area contributed by atoms with Gasteiger partial charge in [0.1, 0.15) is 21.9 Å². The Labute approximate surface area is 286 Å². The molecule has 0 spiro atoms. The molecule has 258 valence electrons. The van der Waals surface area contributed by atoms with Crippen LogP contribution in [0.3, 0.4) is 0 Å². The van der Waals surface area contributed by atoms with E-state index in [4.69, 9.17) is 42.5 Å². The summed E-state index contributed by atoms with van der Waals surface area (Å²) in [4.78, 5) is 35.1. The second-order valence-electron chi connectivity index (χ2n) is 12.2. The van der Waals surface area contributed by atoms with Crippen molar-refractivity contribution in [1.82, 2.24) is 0 Å². The summed E-state index contributed by atoms with van der Waals surface area (Å²) in [5.74, 6) is -2.50. The molecular formula is C36H46Cl2O9. The van der Waals surface area contributed by atoms with Gasteiger partial charge in [-0.1, -0.05) is 93.1 Å². The van der Waals surface area contributed by atoms with Gasteiger partial charge in [0, 0.05) is 17.5 Å². The van der Waals surface area contributed by atoms with E-state index >= 15 is 0 Å². The van der Waals surface area contributed by atoms with Crippen LogP contribution in [0.4, 0.5) is 0 Å². The van der Waals surface area contributed by atoms with Crippen molar-refractivity contribution in [2.45, 2.75) is 111 Å². The Balaban J connectivity index is 0.000000268. The van der Waals surface area contributed by atoms with Crippen LogP contribution in [-0.2, 0) is 9.53 Å². The predicted molar refractivity (Wildman–Crippen MR) is 182 cm³/mol. The zero-order valence-electron chi connectivity index (χ0n) is 27.7. The number of hydrogen-bond acceptors (Lipinski definition) is 8. The van der Waals surface area contributed by atoms with Crippen LogP contribution >= 0.6 is 23.2 Å². The minimum Gasteiger partial charge on any atom is -0.507 e. The minimum atomic E-state index is -0.835. The number of methoxy groups -OCH3 is 1. The van der Waals surface area contributed by atoms with Gasteiger partial charge in [0.25, 0.3) is 0 Å². The Bertz CT molecular complexity index is 1480. The number of rotatable bonds is 14. The number of carbonyl (C=O) groups is 3. The normalized spacial score (nSPS) is 14.7. The third-order valence-electron chi connectivity index (χ3n) is 8.72. The number of carbonyl (C=O) groups excluding carboxylic acids is 2. The molecular weight excluding hydrogens is 647 g/mol. The van der Waals surface area contributed by atoms with Gasteiger partial charge >= 0.3 is 17.9 Å². The van der Waals surface area contributed by atoms with Crippen molar-refractivity contribution in [2.24, 2.45) is 5.92 Å². The Hall–Kier alpha value is -3.43. The van der Waals surface area contributed by atoms with Gasteiger partial charge in [0.05, 0.1) is 12.1 Å². The van der Waals surface area contributed by atoms with E-state index in [1.807, 2.05) is 0 Å². The SMILES string of the molecule is COC(=O)c1c(C)c2c(c(C)c1O)OC(=O)c1c(C)c(Cl)c(O)c(Cl)c1O2.O=C(O)CCCCCCCCCCCCC1C=CCC1. The Morgan fingerprint density at radius 2 is 1.38 bits per heavy atom. The number of aliphatic carboxylic acids is 1. The molecule has 2 aliphatic rings. The van der Waals surface area contributed by atoms with E-state index in [9.17, 15) is 24.6 Å². The number of allylic oxidation sites excluding steroid dienone is 2. The first-order chi connectivity index (χ1) is 22.4. The van der Waals surface area contributed by atoms with Crippen LogP contribution < -0.4 is 9.47 Å². The molecule has 4 rings (SSSR count). The molecule has 9 nitrogen and oxygen atoms in total. The number of benzene rings is 2. The van der Waals surface area contributed by atoms with Crippen molar-refractivity contribution in [1.29, 1.82) is 0 Å². The molecule has 0 fully saturated rings. The van der Waals surface area contributed by atoms with E-state index < -0.39 is 29.4 Å². The molecule has 0 aromatic heterocycles. The lowest BCUT2D eigenvalue weighted by molar-refractivity contribution is -0.137. The number of fused-ring (bicyclic) bond motifs is 2. The highest BCUT2D eigenvalue weighted by Gasteiger charge is 2.35. The average molecular weight is 694 g/mol. The Morgan fingerprint density at radius 1 is 0.809 bits per heavy atom. The Kier molecular flexibility index (Phi) is 14.7. The number of ether oxygens (including phenoxy) is 3. The van der Waals surface area contributed by atoms with Gasteiger partial charge in [-0.05, 0) is 57.9 Å². The predicted octanol–water partition coefficient (Wildman–Crippen LogP) is 10.2. The number of carboxylic acid groups (broad SMARTS) is 1. The molecule has 3 N–H and O–H groups in total. The maximum atomic E-state index is 12.7. The first-order valence-corrected chi connectivity index (χ1v) is 17.1. The summed E-state index contributed by atoms with van der Waals surface area (Å²) in [5.41, 5.74) is 0.264. The number of hydrogen-bond donors (Lipinski definition) is 3. The molecule has 2 aromatic rings. The van der Waals surface area contributed by atoms with Crippen LogP contribution in [0.15, 0.2) is 12.2 Å². The number of halogens is 2. The number of phenols is 2. The topological polar surface area (TPSA) is 140 Å². The van der Waals surface area contributed by atoms with E-state index in [1.165, 1.54) is 98.5 Å². The maximum Gasteiger partial charge on any atom is 0.347 e. The summed E-state index contributed by atoms with van der Waals surface area (Å²) >= 11 is 12.2. The summed E-state index contributed by atoms with van der Waals surface area (Å²) in [6, 6.07) is 0. The summed E-state index contributed by atoms with van der Waals surface area (Å²) < 4.78 is 15.9. The lowest BCUT2D eigenvalue weighted by Gasteiger charge is -2.17. The van der Waals surface area contributed by atoms with Crippen molar-refractivity contribution in [3.63, 3.8) is 0 Å². The van der Waals surface area contributed by atoms with Gasteiger partial charge in [-0.3, -0.25) is 4.79 Å². The van der Waals surface area contributed by atoms with Crippen LogP contribution in [0.25, 0.3) is 0 Å². The van der Waals surface area contributed by atoms with E-state index in [-0.39, 0.29) is 55.1 Å². The number of esters is 2. The van der Waals surface area contributed by atoms with Crippen molar-refractivity contribution >= 4 is 41.1 Å². The number of aromatic hydroxyl groups is 2. The second kappa shape index (κ2) is 18.2. The fourth-order valence-electron chi connectivity index (χ4n) is 5.92. The van der Waals surface area contributed by atoms with Gasteiger partial charge in [0.15, 0.2) is 23.0 Å². The first kappa shape index (κ1) is 38.0. The molecule has 0 saturated heterocycles. The van der Waals surface area contributed by atoms with Gasteiger partial charge in [-0.25, -0.2) is 9.59 Å². The molecule has 47 heavy (non-hydrogen) atoms. The molecule has 1 unspecified atom stereocenters. The molecule has 1 atom stereocenters. The lowest BCUT2D eigenvalue weighted by Crippen LogP contribution is -2.11. The van der Waals surface area contributed by atoms with Crippen LogP contribution in [0.2, 0.25) is 10.0 Å². The van der Waals surface area contributed by atoms with Crippen LogP contribution in [0.5, 0.6) is 28.7 Å². The lowest BCUT2D eigenvalue weighted by atomic mass is 9.99. The van der Waals surface area contributed by atoms with Gasteiger partial charge < -0.3 is 29.5 Å². The van der Waals surface area contributed by atoms with Crippen LogP contribution in [0.1, 0.15) is 127 Å². The minimum absolute atomic E-state index is 0.0131. The quantitative estimate of drug-likeness (QED) is 0.0763. The molecule has 11 heteroatoms. The number of carboxylic acids is 1. The number of unbranched alkanes of at least 4 members (excludes halogenated alkanes) is 9. The standard InChI is InChI=1S/C18H14Cl2O7.C18H32O2/c1-5-9-16(11(20)13(22)10(5)19)26-14-6(2)8(17(23)25-4)12(21)7(3)15(14)27-18(9)24;19-18(20)16-10-8-6-4-2-1-3-5-7-9-13-17-14-11-12-15-17/h21-22H,1-4H3;11,14,17H,1-10,12-13,15-16H2,(H,19,20). The smallest absolute Gasteiger partial charge is 0.347 e. The number of phenolic OH excluding ortho intramolecular Hbond substituents is 2. The summed E-state index contributed by atoms with van der Waals surface area (Å²) in [6.07, 6.45) is 21.9. The van der Waals surface area contributed by atoms with E-state index in [0.717, 1.165) is 18.8 Å². The summed E-state index contributed by atoms with van der Waals surface area (Å²) in [7, 11) is 1.17. The fraction of sp³-hybridized carbons (Fsp3) is 0.528. The second-order valence-corrected chi connectivity index (χ2v) is 12.9.